The maximum absolute atomic E-state index is 11.2. The van der Waals surface area contributed by atoms with Crippen molar-refractivity contribution >= 4 is 5.97 Å². The fraction of sp³-hybridized carbons (Fsp3) is 0.692. The van der Waals surface area contributed by atoms with Gasteiger partial charge < -0.3 is 15.0 Å². The van der Waals surface area contributed by atoms with Crippen LogP contribution >= 0.6 is 0 Å². The van der Waals surface area contributed by atoms with Crippen LogP contribution in [0, 0.1) is 5.92 Å². The van der Waals surface area contributed by atoms with Gasteiger partial charge in [-0.3, -0.25) is 0 Å². The minimum Gasteiger partial charge on any atom is -0.464 e. The van der Waals surface area contributed by atoms with E-state index in [1.165, 1.54) is 7.11 Å². The Morgan fingerprint density at radius 3 is 2.67 bits per heavy atom. The Morgan fingerprint density at radius 1 is 1.50 bits per heavy atom. The summed E-state index contributed by atoms with van der Waals surface area (Å²) in [6.07, 6.45) is 1.97. The molecule has 1 aliphatic rings. The van der Waals surface area contributed by atoms with Crippen LogP contribution in [0.3, 0.4) is 0 Å². The highest BCUT2D eigenvalue weighted by Gasteiger charge is 2.34. The number of carbonyl (C=O) groups is 1. The van der Waals surface area contributed by atoms with Crippen molar-refractivity contribution in [2.24, 2.45) is 11.7 Å². The number of carbonyl (C=O) groups excluding carboxylic acids is 1. The summed E-state index contributed by atoms with van der Waals surface area (Å²) in [7, 11) is 1.32. The van der Waals surface area contributed by atoms with Gasteiger partial charge in [0.15, 0.2) is 5.69 Å². The number of rotatable bonds is 2. The van der Waals surface area contributed by atoms with Crippen LogP contribution in [0.4, 0.5) is 0 Å². The molecule has 1 saturated carbocycles. The molecule has 0 saturated heterocycles. The third-order valence-electron chi connectivity index (χ3n) is 3.41. The molecule has 2 rings (SSSR count). The molecule has 0 bridgehead atoms. The topological polar surface area (TPSA) is 78.4 Å². The van der Waals surface area contributed by atoms with E-state index in [4.69, 9.17) is 10.3 Å². The summed E-state index contributed by atoms with van der Waals surface area (Å²) in [5, 5.41) is 3.70. The minimum absolute atomic E-state index is 0.205. The van der Waals surface area contributed by atoms with E-state index in [9.17, 15) is 4.79 Å². The summed E-state index contributed by atoms with van der Waals surface area (Å²) in [5.41, 5.74) is 6.17. The first kappa shape index (κ1) is 14.7. The lowest BCUT2D eigenvalue weighted by atomic mass is 9.93. The largest absolute Gasteiger partial charge is 0.464 e. The van der Waals surface area contributed by atoms with Gasteiger partial charge in [0.1, 0.15) is 5.76 Å². The lowest BCUT2D eigenvalue weighted by molar-refractivity contribution is 0.0589. The number of hydrogen-bond acceptors (Lipinski definition) is 5. The number of ether oxygens (including phenoxy) is 1. The quantitative estimate of drug-likeness (QED) is 0.819. The molecular weight excluding hydrogens is 232 g/mol. The Labute approximate surface area is 108 Å². The van der Waals surface area contributed by atoms with Gasteiger partial charge in [0.25, 0.3) is 0 Å². The molecule has 5 heteroatoms. The maximum atomic E-state index is 11.2. The predicted molar refractivity (Wildman–Crippen MR) is 68.3 cm³/mol. The Morgan fingerprint density at radius 2 is 2.17 bits per heavy atom. The Hall–Kier alpha value is -1.36. The molecule has 3 unspecified atom stereocenters. The lowest BCUT2D eigenvalue weighted by Gasteiger charge is -2.14. The highest BCUT2D eigenvalue weighted by atomic mass is 16.5. The van der Waals surface area contributed by atoms with Crippen LogP contribution in [0.5, 0.6) is 0 Å². The number of hydrogen-bond donors (Lipinski definition) is 1. The molecule has 3 atom stereocenters. The first-order valence-corrected chi connectivity index (χ1v) is 6.44. The molecule has 1 aliphatic carbocycles. The number of nitrogens with two attached hydrogens (primary N) is 1. The Balaban J connectivity index is 0.000000771. The fourth-order valence-corrected chi connectivity index (χ4v) is 2.26. The molecule has 1 fully saturated rings. The van der Waals surface area contributed by atoms with Gasteiger partial charge in [-0.05, 0) is 18.8 Å². The second kappa shape index (κ2) is 6.54. The zero-order valence-electron chi connectivity index (χ0n) is 11.5. The van der Waals surface area contributed by atoms with E-state index in [0.717, 1.165) is 18.6 Å². The number of esters is 1. The van der Waals surface area contributed by atoms with Gasteiger partial charge >= 0.3 is 5.97 Å². The summed E-state index contributed by atoms with van der Waals surface area (Å²) < 4.78 is 9.76. The monoisotopic (exact) mass is 254 g/mol. The highest BCUT2D eigenvalue weighted by molar-refractivity contribution is 5.86. The third kappa shape index (κ3) is 2.90. The van der Waals surface area contributed by atoms with E-state index in [2.05, 4.69) is 16.8 Å². The van der Waals surface area contributed by atoms with Crippen LogP contribution in [-0.2, 0) is 4.74 Å². The second-order valence-electron chi connectivity index (χ2n) is 4.31. The van der Waals surface area contributed by atoms with Crippen molar-refractivity contribution in [1.29, 1.82) is 0 Å². The fourth-order valence-electron chi connectivity index (χ4n) is 2.26. The van der Waals surface area contributed by atoms with Crippen molar-refractivity contribution in [3.63, 3.8) is 0 Å². The lowest BCUT2D eigenvalue weighted by Crippen LogP contribution is -2.24. The molecule has 0 radical (unpaired) electrons. The van der Waals surface area contributed by atoms with Crippen LogP contribution in [0.1, 0.15) is 55.8 Å². The van der Waals surface area contributed by atoms with E-state index in [1.807, 2.05) is 13.8 Å². The zero-order chi connectivity index (χ0) is 13.7. The van der Waals surface area contributed by atoms with Gasteiger partial charge in [-0.2, -0.15) is 0 Å². The van der Waals surface area contributed by atoms with Crippen LogP contribution < -0.4 is 5.73 Å². The summed E-state index contributed by atoms with van der Waals surface area (Å²) in [6.45, 7) is 6.10. The van der Waals surface area contributed by atoms with Crippen molar-refractivity contribution in [2.75, 3.05) is 7.11 Å². The average Bonchev–Trinajstić information content (AvgIpc) is 3.00. The average molecular weight is 254 g/mol. The number of methoxy groups -OCH3 is 1. The molecule has 0 aliphatic heterocycles. The van der Waals surface area contributed by atoms with Crippen molar-refractivity contribution in [3.8, 4) is 0 Å². The Bertz CT molecular complexity index is 389. The molecule has 18 heavy (non-hydrogen) atoms. The van der Waals surface area contributed by atoms with Crippen LogP contribution in [-0.4, -0.2) is 24.3 Å². The SMILES string of the molecule is CC.COC(=O)c1cc(C2CCC(N)C2C)on1. The number of aromatic nitrogens is 1. The van der Waals surface area contributed by atoms with Crippen molar-refractivity contribution < 1.29 is 14.1 Å². The predicted octanol–water partition coefficient (Wildman–Crippen LogP) is 2.33. The first-order chi connectivity index (χ1) is 8.63. The van der Waals surface area contributed by atoms with Gasteiger partial charge in [-0.25, -0.2) is 4.79 Å². The molecular formula is C13H22N2O3. The molecule has 0 aromatic carbocycles. The number of nitrogens with zero attached hydrogens (tertiary/aromatic N) is 1. The molecule has 102 valence electrons. The summed E-state index contributed by atoms with van der Waals surface area (Å²) in [6, 6.07) is 1.86. The molecule has 1 aromatic rings. The molecule has 2 N–H and O–H groups in total. The Kier molecular flexibility index (Phi) is 5.34. The second-order valence-corrected chi connectivity index (χ2v) is 4.31. The smallest absolute Gasteiger partial charge is 0.360 e. The summed E-state index contributed by atoms with van der Waals surface area (Å²) in [4.78, 5) is 11.2. The first-order valence-electron chi connectivity index (χ1n) is 6.44. The van der Waals surface area contributed by atoms with Crippen molar-refractivity contribution in [1.82, 2.24) is 5.16 Å². The summed E-state index contributed by atoms with van der Waals surface area (Å²) >= 11 is 0. The normalized spacial score (nSPS) is 26.4. The van der Waals surface area contributed by atoms with E-state index < -0.39 is 5.97 Å². The third-order valence-corrected chi connectivity index (χ3v) is 3.41. The van der Waals surface area contributed by atoms with Crippen LogP contribution in [0.2, 0.25) is 0 Å². The van der Waals surface area contributed by atoms with E-state index >= 15 is 0 Å². The van der Waals surface area contributed by atoms with Crippen molar-refractivity contribution in [2.45, 2.75) is 45.6 Å². The van der Waals surface area contributed by atoms with Gasteiger partial charge in [0.2, 0.25) is 0 Å². The summed E-state index contributed by atoms with van der Waals surface area (Å²) in [5.74, 6) is 0.894. The maximum Gasteiger partial charge on any atom is 0.360 e. The zero-order valence-corrected chi connectivity index (χ0v) is 11.5. The molecule has 1 aromatic heterocycles. The van der Waals surface area contributed by atoms with E-state index in [0.29, 0.717) is 5.92 Å². The van der Waals surface area contributed by atoms with E-state index in [1.54, 1.807) is 6.07 Å². The van der Waals surface area contributed by atoms with Gasteiger partial charge in [-0.15, -0.1) is 0 Å². The van der Waals surface area contributed by atoms with Crippen molar-refractivity contribution in [3.05, 3.63) is 17.5 Å². The molecule has 0 amide bonds. The van der Waals surface area contributed by atoms with Crippen LogP contribution in [0.25, 0.3) is 0 Å². The molecule has 5 nitrogen and oxygen atoms in total. The van der Waals surface area contributed by atoms with E-state index in [-0.39, 0.29) is 17.7 Å². The van der Waals surface area contributed by atoms with Gasteiger partial charge in [0.05, 0.1) is 7.11 Å². The molecule has 0 spiro atoms. The van der Waals surface area contributed by atoms with Gasteiger partial charge in [0, 0.05) is 18.0 Å². The highest BCUT2D eigenvalue weighted by Crippen LogP contribution is 2.38. The molecule has 1 heterocycles. The van der Waals surface area contributed by atoms with Gasteiger partial charge in [-0.1, -0.05) is 25.9 Å². The standard InChI is InChI=1S/C11H16N2O3.C2H6/c1-6-7(3-4-8(6)12)10-5-9(13-16-10)11(14)15-2;1-2/h5-8H,3-4,12H2,1-2H3;1-2H3. The minimum atomic E-state index is -0.468. The van der Waals surface area contributed by atoms with Crippen LogP contribution in [0.15, 0.2) is 10.6 Å².